The molecule has 0 N–H and O–H groups in total. The lowest BCUT2D eigenvalue weighted by atomic mass is 9.90. The van der Waals surface area contributed by atoms with Gasteiger partial charge in [-0.1, -0.05) is 18.3 Å². The Morgan fingerprint density at radius 3 is 2.87 bits per heavy atom. The molecule has 152 valence electrons. The molecule has 6 rings (SSSR count). The van der Waals surface area contributed by atoms with Gasteiger partial charge in [-0.05, 0) is 67.1 Å². The Labute approximate surface area is 180 Å². The van der Waals surface area contributed by atoms with Gasteiger partial charge >= 0.3 is 0 Å². The summed E-state index contributed by atoms with van der Waals surface area (Å²) in [6.07, 6.45) is 6.42. The number of thiazole rings is 1. The maximum Gasteiger partial charge on any atom is 0.186 e. The summed E-state index contributed by atoms with van der Waals surface area (Å²) in [5.74, 6) is 0.965. The van der Waals surface area contributed by atoms with Crippen molar-refractivity contribution in [2.45, 2.75) is 39.5 Å². The fourth-order valence-electron chi connectivity index (χ4n) is 5.11. The molecular weight excluding hydrogens is 390 g/mol. The molecule has 0 aliphatic carbocycles. The molecule has 0 amide bonds. The van der Waals surface area contributed by atoms with Gasteiger partial charge in [-0.25, -0.2) is 4.98 Å². The van der Waals surface area contributed by atoms with Crippen LogP contribution in [0.2, 0.25) is 0 Å². The molecule has 2 aromatic heterocycles. The van der Waals surface area contributed by atoms with Crippen molar-refractivity contribution in [2.24, 2.45) is 0 Å². The van der Waals surface area contributed by atoms with E-state index in [1.807, 2.05) is 17.5 Å². The highest BCUT2D eigenvalue weighted by Gasteiger charge is 2.24. The zero-order chi connectivity index (χ0) is 20.2. The molecule has 1 fully saturated rings. The first-order valence-corrected chi connectivity index (χ1v) is 11.8. The molecule has 2 aromatic carbocycles. The second-order valence-electron chi connectivity index (χ2n) is 8.34. The molecule has 2 aliphatic rings. The van der Waals surface area contributed by atoms with Crippen LogP contribution in [0.4, 0.5) is 5.13 Å². The zero-order valence-electron chi connectivity index (χ0n) is 17.5. The van der Waals surface area contributed by atoms with Crippen LogP contribution in [0.5, 0.6) is 5.75 Å². The Hall–Kier alpha value is -2.66. The highest BCUT2D eigenvalue weighted by Crippen LogP contribution is 2.45. The Balaban J connectivity index is 1.67. The molecule has 4 aromatic rings. The van der Waals surface area contributed by atoms with Crippen molar-refractivity contribution in [3.8, 4) is 16.9 Å². The lowest BCUT2D eigenvalue weighted by Crippen LogP contribution is -2.16. The van der Waals surface area contributed by atoms with E-state index in [1.165, 1.54) is 50.7 Å². The van der Waals surface area contributed by atoms with E-state index in [-0.39, 0.29) is 0 Å². The summed E-state index contributed by atoms with van der Waals surface area (Å²) in [6, 6.07) is 8.76. The largest absolute Gasteiger partial charge is 0.493 e. The molecule has 0 unspecified atom stereocenters. The van der Waals surface area contributed by atoms with Crippen LogP contribution >= 0.6 is 11.3 Å². The standard InChI is InChI=1S/C25H25N3OS/c1-3-17-15(2)14-19-24(30-25(27-19)28-11-4-5-12-28)22(17)18-6-7-20-21-16(9-13-29-20)8-10-26-23(18)21/h6-8,10,14H,3-5,9,11-13H2,1-2H3. The van der Waals surface area contributed by atoms with Crippen LogP contribution in [0, 0.1) is 6.92 Å². The minimum Gasteiger partial charge on any atom is -0.493 e. The molecule has 0 bridgehead atoms. The summed E-state index contributed by atoms with van der Waals surface area (Å²) in [4.78, 5) is 12.4. The minimum absolute atomic E-state index is 0.744. The van der Waals surface area contributed by atoms with Crippen molar-refractivity contribution in [3.63, 3.8) is 0 Å². The van der Waals surface area contributed by atoms with Gasteiger partial charge in [-0.15, -0.1) is 0 Å². The lowest BCUT2D eigenvalue weighted by Gasteiger charge is -2.21. The predicted molar refractivity (Wildman–Crippen MR) is 125 cm³/mol. The summed E-state index contributed by atoms with van der Waals surface area (Å²) in [5, 5.41) is 2.35. The molecule has 0 radical (unpaired) electrons. The molecule has 0 spiro atoms. The van der Waals surface area contributed by atoms with Crippen molar-refractivity contribution >= 4 is 37.6 Å². The first-order chi connectivity index (χ1) is 14.7. The third kappa shape index (κ3) is 2.64. The number of benzene rings is 2. The van der Waals surface area contributed by atoms with E-state index in [1.54, 1.807) is 0 Å². The summed E-state index contributed by atoms with van der Waals surface area (Å²) >= 11 is 1.85. The molecule has 1 saturated heterocycles. The Morgan fingerprint density at radius 1 is 1.17 bits per heavy atom. The number of nitrogens with zero attached hydrogens (tertiary/aromatic N) is 3. The highest BCUT2D eigenvalue weighted by molar-refractivity contribution is 7.22. The van der Waals surface area contributed by atoms with Gasteiger partial charge in [0, 0.05) is 42.2 Å². The molecule has 30 heavy (non-hydrogen) atoms. The van der Waals surface area contributed by atoms with Crippen LogP contribution in [-0.2, 0) is 12.8 Å². The zero-order valence-corrected chi connectivity index (χ0v) is 18.3. The number of aryl methyl sites for hydroxylation is 1. The van der Waals surface area contributed by atoms with E-state index < -0.39 is 0 Å². The number of pyridine rings is 1. The molecular formula is C25H25N3OS. The summed E-state index contributed by atoms with van der Waals surface area (Å²) in [5.41, 5.74) is 8.76. The van der Waals surface area contributed by atoms with E-state index in [4.69, 9.17) is 14.7 Å². The van der Waals surface area contributed by atoms with Gasteiger partial charge in [0.05, 0.1) is 22.3 Å². The minimum atomic E-state index is 0.744. The molecule has 4 heterocycles. The number of hydrogen-bond acceptors (Lipinski definition) is 5. The predicted octanol–water partition coefficient (Wildman–Crippen LogP) is 5.92. The van der Waals surface area contributed by atoms with E-state index in [9.17, 15) is 0 Å². The van der Waals surface area contributed by atoms with Gasteiger partial charge in [0.15, 0.2) is 5.13 Å². The normalized spacial score (nSPS) is 15.9. The summed E-state index contributed by atoms with van der Waals surface area (Å²) in [6.45, 7) is 7.46. The average Bonchev–Trinajstić information content (AvgIpc) is 3.43. The topological polar surface area (TPSA) is 38.2 Å². The second kappa shape index (κ2) is 6.95. The summed E-state index contributed by atoms with van der Waals surface area (Å²) < 4.78 is 7.26. The molecule has 4 nitrogen and oxygen atoms in total. The maximum absolute atomic E-state index is 5.97. The van der Waals surface area contributed by atoms with Crippen LogP contribution in [0.3, 0.4) is 0 Å². The van der Waals surface area contributed by atoms with Crippen molar-refractivity contribution in [1.82, 2.24) is 9.97 Å². The second-order valence-corrected chi connectivity index (χ2v) is 9.32. The number of fused-ring (bicyclic) bond motifs is 1. The number of ether oxygens (including phenoxy) is 1. The quantitative estimate of drug-likeness (QED) is 0.416. The van der Waals surface area contributed by atoms with E-state index in [0.29, 0.717) is 0 Å². The van der Waals surface area contributed by atoms with E-state index >= 15 is 0 Å². The van der Waals surface area contributed by atoms with Gasteiger partial charge in [0.2, 0.25) is 0 Å². The SMILES string of the molecule is CCc1c(C)cc2nc(N3CCCC3)sc2c1-c1ccc2c3c(ccnc13)CCO2. The number of aromatic nitrogens is 2. The van der Waals surface area contributed by atoms with Crippen LogP contribution in [0.1, 0.15) is 36.5 Å². The van der Waals surface area contributed by atoms with E-state index in [0.717, 1.165) is 54.5 Å². The van der Waals surface area contributed by atoms with Crippen molar-refractivity contribution in [1.29, 1.82) is 0 Å². The lowest BCUT2D eigenvalue weighted by molar-refractivity contribution is 0.318. The first kappa shape index (κ1) is 18.1. The number of hydrogen-bond donors (Lipinski definition) is 0. The van der Waals surface area contributed by atoms with Crippen LogP contribution < -0.4 is 9.64 Å². The Kier molecular flexibility index (Phi) is 4.20. The highest BCUT2D eigenvalue weighted by atomic mass is 32.1. The van der Waals surface area contributed by atoms with Crippen LogP contribution in [0.15, 0.2) is 30.5 Å². The average molecular weight is 416 g/mol. The van der Waals surface area contributed by atoms with Crippen LogP contribution in [0.25, 0.3) is 32.2 Å². The van der Waals surface area contributed by atoms with Gasteiger partial charge in [0.1, 0.15) is 5.75 Å². The fourth-order valence-corrected chi connectivity index (χ4v) is 6.29. The summed E-state index contributed by atoms with van der Waals surface area (Å²) in [7, 11) is 0. The third-order valence-electron chi connectivity index (χ3n) is 6.57. The fraction of sp³-hybridized carbons (Fsp3) is 0.360. The van der Waals surface area contributed by atoms with Crippen molar-refractivity contribution in [3.05, 3.63) is 47.2 Å². The van der Waals surface area contributed by atoms with Gasteiger partial charge in [-0.2, -0.15) is 0 Å². The van der Waals surface area contributed by atoms with Gasteiger partial charge in [0.25, 0.3) is 0 Å². The molecule has 0 saturated carbocycles. The Bertz CT molecular complexity index is 1280. The smallest absolute Gasteiger partial charge is 0.186 e. The first-order valence-electron chi connectivity index (χ1n) is 11.0. The van der Waals surface area contributed by atoms with Crippen LogP contribution in [-0.4, -0.2) is 29.7 Å². The van der Waals surface area contributed by atoms with Gasteiger partial charge < -0.3 is 9.64 Å². The number of rotatable bonds is 3. The molecule has 2 aliphatic heterocycles. The monoisotopic (exact) mass is 415 g/mol. The van der Waals surface area contributed by atoms with Gasteiger partial charge in [-0.3, -0.25) is 4.98 Å². The van der Waals surface area contributed by atoms with E-state index in [2.05, 4.69) is 43.0 Å². The maximum atomic E-state index is 5.97. The molecule has 5 heteroatoms. The third-order valence-corrected chi connectivity index (χ3v) is 7.72. The molecule has 0 atom stereocenters. The van der Waals surface area contributed by atoms with Crippen molar-refractivity contribution < 1.29 is 4.74 Å². The number of anilines is 1. The van der Waals surface area contributed by atoms with Crippen molar-refractivity contribution in [2.75, 3.05) is 24.6 Å². The Morgan fingerprint density at radius 2 is 2.03 bits per heavy atom.